The van der Waals surface area contributed by atoms with E-state index in [0.29, 0.717) is 12.5 Å². The molecule has 0 aliphatic heterocycles. The summed E-state index contributed by atoms with van der Waals surface area (Å²) in [6.07, 6.45) is 3.43. The van der Waals surface area contributed by atoms with E-state index in [9.17, 15) is 4.79 Å². The Hall–Kier alpha value is -0.830. The highest BCUT2D eigenvalue weighted by atomic mass is 79.9. The van der Waals surface area contributed by atoms with Gasteiger partial charge in [-0.1, -0.05) is 59.6 Å². The highest BCUT2D eigenvalue weighted by molar-refractivity contribution is 9.09. The number of nitrogens with one attached hydrogen (secondary N) is 1. The molecule has 1 fully saturated rings. The summed E-state index contributed by atoms with van der Waals surface area (Å²) in [5.41, 5.74) is 1.21. The fourth-order valence-electron chi connectivity index (χ4n) is 2.64. The van der Waals surface area contributed by atoms with E-state index < -0.39 is 0 Å². The smallest absolute Gasteiger partial charge is 0.223 e. The minimum absolute atomic E-state index is 0.194. The Morgan fingerprint density at radius 1 is 1.39 bits per heavy atom. The lowest BCUT2D eigenvalue weighted by Crippen LogP contribution is -2.33. The maximum absolute atomic E-state index is 12.1. The number of hydrogen-bond donors (Lipinski definition) is 1. The van der Waals surface area contributed by atoms with Gasteiger partial charge in [-0.15, -0.1) is 0 Å². The van der Waals surface area contributed by atoms with E-state index in [-0.39, 0.29) is 16.7 Å². The van der Waals surface area contributed by atoms with Gasteiger partial charge in [-0.05, 0) is 24.3 Å². The topological polar surface area (TPSA) is 29.1 Å². The molecule has 3 heteroatoms. The van der Waals surface area contributed by atoms with Crippen molar-refractivity contribution < 1.29 is 4.79 Å². The van der Waals surface area contributed by atoms with Crippen LogP contribution in [0.2, 0.25) is 0 Å². The number of carbonyl (C=O) groups is 1. The summed E-state index contributed by atoms with van der Waals surface area (Å²) in [5, 5.41) is 3.07. The van der Waals surface area contributed by atoms with Gasteiger partial charge in [-0.25, -0.2) is 0 Å². The second-order valence-electron chi connectivity index (χ2n) is 5.14. The zero-order chi connectivity index (χ0) is 13.0. The molecule has 0 saturated heterocycles. The van der Waals surface area contributed by atoms with Crippen molar-refractivity contribution in [2.24, 2.45) is 11.8 Å². The van der Waals surface area contributed by atoms with Crippen LogP contribution in [-0.2, 0) is 4.79 Å². The molecule has 2 rings (SSSR count). The Bertz CT molecular complexity index is 393. The van der Waals surface area contributed by atoms with Crippen LogP contribution in [0, 0.1) is 11.8 Å². The molecule has 3 atom stereocenters. The monoisotopic (exact) mass is 309 g/mol. The van der Waals surface area contributed by atoms with Crippen molar-refractivity contribution in [3.8, 4) is 0 Å². The Kier molecular flexibility index (Phi) is 4.81. The van der Waals surface area contributed by atoms with Gasteiger partial charge in [0.15, 0.2) is 0 Å². The van der Waals surface area contributed by atoms with E-state index in [1.54, 1.807) is 0 Å². The number of amides is 1. The van der Waals surface area contributed by atoms with E-state index >= 15 is 0 Å². The van der Waals surface area contributed by atoms with E-state index in [1.807, 2.05) is 18.2 Å². The van der Waals surface area contributed by atoms with Crippen molar-refractivity contribution in [1.82, 2.24) is 5.32 Å². The van der Waals surface area contributed by atoms with Crippen LogP contribution in [0.15, 0.2) is 30.3 Å². The van der Waals surface area contributed by atoms with Crippen molar-refractivity contribution >= 4 is 21.8 Å². The van der Waals surface area contributed by atoms with Crippen LogP contribution in [0.4, 0.5) is 0 Å². The van der Waals surface area contributed by atoms with Crippen LogP contribution in [0.5, 0.6) is 0 Å². The van der Waals surface area contributed by atoms with Gasteiger partial charge in [-0.2, -0.15) is 0 Å². The van der Waals surface area contributed by atoms with Gasteiger partial charge in [0.05, 0.1) is 4.83 Å². The average Bonchev–Trinajstić information content (AvgIpc) is 2.83. The third-order valence-electron chi connectivity index (χ3n) is 3.82. The summed E-state index contributed by atoms with van der Waals surface area (Å²) in [7, 11) is 0. The molecule has 0 bridgehead atoms. The van der Waals surface area contributed by atoms with Crippen LogP contribution >= 0.6 is 15.9 Å². The molecule has 0 heterocycles. The Balaban J connectivity index is 1.83. The summed E-state index contributed by atoms with van der Waals surface area (Å²) in [6, 6.07) is 10.2. The molecule has 1 aromatic rings. The molecule has 2 nitrogen and oxygen atoms in total. The quantitative estimate of drug-likeness (QED) is 0.845. The van der Waals surface area contributed by atoms with Crippen LogP contribution < -0.4 is 5.32 Å². The first-order chi connectivity index (χ1) is 8.68. The molecule has 1 aliphatic carbocycles. The van der Waals surface area contributed by atoms with Crippen LogP contribution in [0.3, 0.4) is 0 Å². The Labute approximate surface area is 117 Å². The van der Waals surface area contributed by atoms with E-state index in [4.69, 9.17) is 0 Å². The van der Waals surface area contributed by atoms with E-state index in [2.05, 4.69) is 40.3 Å². The third-order valence-corrected chi connectivity index (χ3v) is 4.67. The standard InChI is InChI=1S/C15H20BrNO/c1-11-6-5-9-13(11)15(18)17-10-14(16)12-7-3-2-4-8-12/h2-4,7-8,11,13-14H,5-6,9-10H2,1H3,(H,17,18). The lowest BCUT2D eigenvalue weighted by atomic mass is 9.97. The van der Waals surface area contributed by atoms with Gasteiger partial charge in [-0.3, -0.25) is 4.79 Å². The molecule has 98 valence electrons. The fraction of sp³-hybridized carbons (Fsp3) is 0.533. The summed E-state index contributed by atoms with van der Waals surface area (Å²) in [6.45, 7) is 2.84. The lowest BCUT2D eigenvalue weighted by molar-refractivity contribution is -0.125. The average molecular weight is 310 g/mol. The fourth-order valence-corrected chi connectivity index (χ4v) is 3.10. The molecule has 1 aromatic carbocycles. The van der Waals surface area contributed by atoms with Crippen LogP contribution in [0.1, 0.15) is 36.6 Å². The predicted octanol–water partition coefficient (Wildman–Crippen LogP) is 3.68. The van der Waals surface area contributed by atoms with Gasteiger partial charge in [0.2, 0.25) is 5.91 Å². The maximum atomic E-state index is 12.1. The first kappa shape index (κ1) is 13.6. The van der Waals surface area contributed by atoms with Crippen molar-refractivity contribution in [3.63, 3.8) is 0 Å². The first-order valence-electron chi connectivity index (χ1n) is 6.65. The number of halogens is 1. The summed E-state index contributed by atoms with van der Waals surface area (Å²) in [5.74, 6) is 0.983. The summed E-state index contributed by atoms with van der Waals surface area (Å²) < 4.78 is 0. The van der Waals surface area contributed by atoms with Gasteiger partial charge in [0.1, 0.15) is 0 Å². The first-order valence-corrected chi connectivity index (χ1v) is 7.57. The molecule has 1 saturated carbocycles. The van der Waals surface area contributed by atoms with Crippen molar-refractivity contribution in [1.29, 1.82) is 0 Å². The Morgan fingerprint density at radius 2 is 2.11 bits per heavy atom. The molecule has 0 radical (unpaired) electrons. The minimum Gasteiger partial charge on any atom is -0.354 e. The molecule has 18 heavy (non-hydrogen) atoms. The number of alkyl halides is 1. The van der Waals surface area contributed by atoms with Gasteiger partial charge < -0.3 is 5.32 Å². The van der Waals surface area contributed by atoms with Crippen molar-refractivity contribution in [3.05, 3.63) is 35.9 Å². The SMILES string of the molecule is CC1CCCC1C(=O)NCC(Br)c1ccccc1. The van der Waals surface area contributed by atoms with Crippen molar-refractivity contribution in [2.45, 2.75) is 31.0 Å². The van der Waals surface area contributed by atoms with Gasteiger partial charge in [0.25, 0.3) is 0 Å². The molecule has 1 aliphatic rings. The van der Waals surface area contributed by atoms with Crippen molar-refractivity contribution in [2.75, 3.05) is 6.54 Å². The normalized spacial score (nSPS) is 24.8. The number of benzene rings is 1. The predicted molar refractivity (Wildman–Crippen MR) is 77.6 cm³/mol. The van der Waals surface area contributed by atoms with E-state index in [1.165, 1.54) is 18.4 Å². The molecular formula is C15H20BrNO. The highest BCUT2D eigenvalue weighted by Crippen LogP contribution is 2.31. The van der Waals surface area contributed by atoms with Crippen LogP contribution in [0.25, 0.3) is 0 Å². The van der Waals surface area contributed by atoms with Gasteiger partial charge in [0, 0.05) is 12.5 Å². The summed E-state index contributed by atoms with van der Waals surface area (Å²) >= 11 is 3.62. The lowest BCUT2D eigenvalue weighted by Gasteiger charge is -2.17. The minimum atomic E-state index is 0.194. The zero-order valence-electron chi connectivity index (χ0n) is 10.7. The molecule has 0 aromatic heterocycles. The van der Waals surface area contributed by atoms with Crippen LogP contribution in [-0.4, -0.2) is 12.5 Å². The molecule has 1 amide bonds. The van der Waals surface area contributed by atoms with E-state index in [0.717, 1.165) is 6.42 Å². The van der Waals surface area contributed by atoms with Gasteiger partial charge >= 0.3 is 0 Å². The molecule has 1 N–H and O–H groups in total. The maximum Gasteiger partial charge on any atom is 0.223 e. The Morgan fingerprint density at radius 3 is 2.72 bits per heavy atom. The summed E-state index contributed by atoms with van der Waals surface area (Å²) in [4.78, 5) is 12.3. The number of hydrogen-bond acceptors (Lipinski definition) is 1. The third kappa shape index (κ3) is 3.35. The number of carbonyl (C=O) groups excluding carboxylic acids is 1. The molecular weight excluding hydrogens is 290 g/mol. The number of rotatable bonds is 4. The molecule has 0 spiro atoms. The second kappa shape index (κ2) is 6.37. The molecule has 3 unspecified atom stereocenters. The second-order valence-corrected chi connectivity index (χ2v) is 6.24. The largest absolute Gasteiger partial charge is 0.354 e. The highest BCUT2D eigenvalue weighted by Gasteiger charge is 2.29. The zero-order valence-corrected chi connectivity index (χ0v) is 12.3.